The minimum atomic E-state index is 0.152. The maximum Gasteiger partial charge on any atom is 0.246 e. The number of allylic oxidation sites excluding steroid dienone is 9. The predicted molar refractivity (Wildman–Crippen MR) is 117 cm³/mol. The van der Waals surface area contributed by atoms with Crippen molar-refractivity contribution in [1.29, 1.82) is 0 Å². The number of rotatable bonds is 5. The van der Waals surface area contributed by atoms with Crippen molar-refractivity contribution >= 4 is 5.91 Å². The van der Waals surface area contributed by atoms with Gasteiger partial charge in [0.2, 0.25) is 5.91 Å². The van der Waals surface area contributed by atoms with Gasteiger partial charge >= 0.3 is 0 Å². The third-order valence-electron chi connectivity index (χ3n) is 5.79. The fraction of sp³-hybridized carbons (Fsp3) is 0.560. The molecule has 1 heterocycles. The summed E-state index contributed by atoms with van der Waals surface area (Å²) in [5, 5.41) is 0. The Balaban J connectivity index is 1.95. The molecule has 1 aliphatic carbocycles. The lowest BCUT2D eigenvalue weighted by Crippen LogP contribution is -2.34. The van der Waals surface area contributed by atoms with Crippen LogP contribution in [0.4, 0.5) is 0 Å². The van der Waals surface area contributed by atoms with E-state index >= 15 is 0 Å². The molecule has 2 nitrogen and oxygen atoms in total. The van der Waals surface area contributed by atoms with Crippen molar-refractivity contribution in [3.63, 3.8) is 0 Å². The third kappa shape index (κ3) is 6.68. The van der Waals surface area contributed by atoms with E-state index in [4.69, 9.17) is 0 Å². The largest absolute Gasteiger partial charge is 0.339 e. The van der Waals surface area contributed by atoms with Crippen molar-refractivity contribution in [3.05, 3.63) is 58.7 Å². The predicted octanol–water partition coefficient (Wildman–Crippen LogP) is 6.53. The number of carbonyl (C=O) groups is 1. The monoisotopic (exact) mass is 367 g/mol. The van der Waals surface area contributed by atoms with Crippen LogP contribution >= 0.6 is 0 Å². The molecule has 0 bridgehead atoms. The third-order valence-corrected chi connectivity index (χ3v) is 5.79. The molecule has 0 saturated carbocycles. The highest BCUT2D eigenvalue weighted by Gasteiger charge is 2.26. The highest BCUT2D eigenvalue weighted by molar-refractivity contribution is 5.88. The lowest BCUT2D eigenvalue weighted by atomic mass is 9.72. The van der Waals surface area contributed by atoms with Gasteiger partial charge in [-0.3, -0.25) is 4.79 Å². The molecule has 1 saturated heterocycles. The van der Waals surface area contributed by atoms with Gasteiger partial charge in [-0.15, -0.1) is 0 Å². The van der Waals surface area contributed by atoms with Crippen LogP contribution in [0.1, 0.15) is 73.1 Å². The summed E-state index contributed by atoms with van der Waals surface area (Å²) in [4.78, 5) is 14.2. The molecule has 0 aromatic carbocycles. The minimum Gasteiger partial charge on any atom is -0.339 e. The summed E-state index contributed by atoms with van der Waals surface area (Å²) in [7, 11) is 0. The minimum absolute atomic E-state index is 0.152. The lowest BCUT2D eigenvalue weighted by molar-refractivity contribution is -0.126. The fourth-order valence-electron chi connectivity index (χ4n) is 4.08. The van der Waals surface area contributed by atoms with Crippen LogP contribution in [0.15, 0.2) is 58.7 Å². The van der Waals surface area contributed by atoms with Crippen molar-refractivity contribution in [3.8, 4) is 0 Å². The summed E-state index contributed by atoms with van der Waals surface area (Å²) >= 11 is 0. The second-order valence-corrected chi connectivity index (χ2v) is 8.81. The highest BCUT2D eigenvalue weighted by atomic mass is 16.2. The van der Waals surface area contributed by atoms with E-state index in [0.29, 0.717) is 0 Å². The zero-order valence-electron chi connectivity index (χ0n) is 18.0. The molecule has 0 spiro atoms. The maximum atomic E-state index is 12.3. The van der Waals surface area contributed by atoms with E-state index in [2.05, 4.69) is 45.9 Å². The van der Waals surface area contributed by atoms with Crippen molar-refractivity contribution in [2.24, 2.45) is 5.41 Å². The van der Waals surface area contributed by atoms with E-state index in [0.717, 1.165) is 31.5 Å². The molecule has 1 amide bonds. The molecule has 148 valence electrons. The Bertz CT molecular complexity index is 679. The Morgan fingerprint density at radius 3 is 2.37 bits per heavy atom. The zero-order chi connectivity index (χ0) is 19.9. The SMILES string of the molecule is CC1=C(/C=C/C(C)=C/C=C/C(C)=C/C(=O)N2CCCCC2)C(C)(C)CCC1. The quantitative estimate of drug-likeness (QED) is 0.399. The summed E-state index contributed by atoms with van der Waals surface area (Å²) in [6.07, 6.45) is 19.8. The van der Waals surface area contributed by atoms with Crippen LogP contribution in [0.3, 0.4) is 0 Å². The van der Waals surface area contributed by atoms with Crippen LogP contribution in [0.2, 0.25) is 0 Å². The maximum absolute atomic E-state index is 12.3. The molecule has 0 atom stereocenters. The van der Waals surface area contributed by atoms with Crippen LogP contribution in [-0.4, -0.2) is 23.9 Å². The molecule has 1 fully saturated rings. The normalized spacial score (nSPS) is 22.2. The number of hydrogen-bond acceptors (Lipinski definition) is 1. The van der Waals surface area contributed by atoms with Crippen LogP contribution in [-0.2, 0) is 4.79 Å². The summed E-state index contributed by atoms with van der Waals surface area (Å²) in [5.74, 6) is 0.152. The molecule has 2 heteroatoms. The van der Waals surface area contributed by atoms with Gasteiger partial charge in [-0.2, -0.15) is 0 Å². The molecular formula is C25H37NO. The molecule has 0 radical (unpaired) electrons. The Kier molecular flexibility index (Phi) is 7.89. The number of carbonyl (C=O) groups excluding carboxylic acids is 1. The van der Waals surface area contributed by atoms with E-state index < -0.39 is 0 Å². The first-order chi connectivity index (χ1) is 12.8. The zero-order valence-corrected chi connectivity index (χ0v) is 18.0. The smallest absolute Gasteiger partial charge is 0.246 e. The van der Waals surface area contributed by atoms with E-state index in [-0.39, 0.29) is 11.3 Å². The van der Waals surface area contributed by atoms with E-state index in [1.807, 2.05) is 24.0 Å². The second kappa shape index (κ2) is 9.92. The second-order valence-electron chi connectivity index (χ2n) is 8.81. The van der Waals surface area contributed by atoms with Crippen molar-refractivity contribution in [2.75, 3.05) is 13.1 Å². The van der Waals surface area contributed by atoms with Gasteiger partial charge in [0.25, 0.3) is 0 Å². The Hall–Kier alpha value is -1.83. The number of nitrogens with zero attached hydrogens (tertiary/aromatic N) is 1. The first-order valence-electron chi connectivity index (χ1n) is 10.5. The van der Waals surface area contributed by atoms with Gasteiger partial charge in [-0.05, 0) is 75.9 Å². The van der Waals surface area contributed by atoms with Gasteiger partial charge in [0.05, 0.1) is 0 Å². The molecule has 2 rings (SSSR count). The molecule has 27 heavy (non-hydrogen) atoms. The molecule has 0 unspecified atom stereocenters. The number of likely N-dealkylation sites (tertiary alicyclic amines) is 1. The van der Waals surface area contributed by atoms with Gasteiger partial charge in [0.1, 0.15) is 0 Å². The van der Waals surface area contributed by atoms with Crippen LogP contribution < -0.4 is 0 Å². The van der Waals surface area contributed by atoms with Gasteiger partial charge in [-0.1, -0.05) is 55.4 Å². The van der Waals surface area contributed by atoms with Gasteiger partial charge < -0.3 is 4.90 Å². The van der Waals surface area contributed by atoms with Crippen molar-refractivity contribution < 1.29 is 4.79 Å². The average molecular weight is 368 g/mol. The summed E-state index contributed by atoms with van der Waals surface area (Å²) in [6, 6.07) is 0. The first-order valence-corrected chi connectivity index (χ1v) is 10.5. The molecule has 2 aliphatic rings. The Morgan fingerprint density at radius 2 is 1.70 bits per heavy atom. The van der Waals surface area contributed by atoms with Crippen molar-refractivity contribution in [2.45, 2.75) is 73.1 Å². The molecule has 0 aromatic rings. The standard InChI is InChI=1S/C25H37NO/c1-20(14-15-23-22(3)13-10-16-25(23,4)5)11-9-12-21(2)19-24(27)26-17-7-6-8-18-26/h9,11-12,14-15,19H,6-8,10,13,16-18H2,1-5H3/b12-9+,15-14+,20-11+,21-19+. The lowest BCUT2D eigenvalue weighted by Gasteiger charge is -2.32. The molecule has 1 aliphatic heterocycles. The van der Waals surface area contributed by atoms with E-state index in [1.54, 1.807) is 6.08 Å². The number of hydrogen-bond donors (Lipinski definition) is 0. The fourth-order valence-corrected chi connectivity index (χ4v) is 4.08. The van der Waals surface area contributed by atoms with Crippen LogP contribution in [0, 0.1) is 5.41 Å². The topological polar surface area (TPSA) is 20.3 Å². The summed E-state index contributed by atoms with van der Waals surface area (Å²) in [6.45, 7) is 12.9. The van der Waals surface area contributed by atoms with Gasteiger partial charge in [0, 0.05) is 19.2 Å². The molecule has 0 aromatic heterocycles. The average Bonchev–Trinajstić information content (AvgIpc) is 2.61. The number of piperidine rings is 1. The van der Waals surface area contributed by atoms with E-state index in [1.165, 1.54) is 42.4 Å². The summed E-state index contributed by atoms with van der Waals surface area (Å²) < 4.78 is 0. The first kappa shape index (κ1) is 21.5. The highest BCUT2D eigenvalue weighted by Crippen LogP contribution is 2.40. The molecule has 0 N–H and O–H groups in total. The Morgan fingerprint density at radius 1 is 1.00 bits per heavy atom. The van der Waals surface area contributed by atoms with Gasteiger partial charge in [-0.25, -0.2) is 0 Å². The molecular weight excluding hydrogens is 330 g/mol. The summed E-state index contributed by atoms with van der Waals surface area (Å²) in [5.41, 5.74) is 5.53. The van der Waals surface area contributed by atoms with E-state index in [9.17, 15) is 4.79 Å². The number of amides is 1. The van der Waals surface area contributed by atoms with Crippen LogP contribution in [0.25, 0.3) is 0 Å². The Labute approximate surface area is 166 Å². The van der Waals surface area contributed by atoms with Crippen molar-refractivity contribution in [1.82, 2.24) is 4.90 Å². The van der Waals surface area contributed by atoms with Gasteiger partial charge in [0.15, 0.2) is 0 Å². The van der Waals surface area contributed by atoms with Crippen LogP contribution in [0.5, 0.6) is 0 Å².